The topological polar surface area (TPSA) is 76.4 Å². The second-order valence-corrected chi connectivity index (χ2v) is 6.42. The molecule has 1 fully saturated rings. The van der Waals surface area contributed by atoms with E-state index >= 15 is 0 Å². The first-order chi connectivity index (χ1) is 10.1. The summed E-state index contributed by atoms with van der Waals surface area (Å²) in [4.78, 5) is 11.5. The number of amides is 1. The number of carbonyl (C=O) groups is 1. The van der Waals surface area contributed by atoms with Crippen molar-refractivity contribution in [1.82, 2.24) is 0 Å². The first-order valence-corrected chi connectivity index (χ1v) is 7.60. The van der Waals surface area contributed by atoms with E-state index in [1.165, 1.54) is 0 Å². The maximum absolute atomic E-state index is 11.5. The van der Waals surface area contributed by atoms with Gasteiger partial charge in [-0.15, -0.1) is 0 Å². The predicted octanol–water partition coefficient (Wildman–Crippen LogP) is 2.38. The van der Waals surface area contributed by atoms with Crippen LogP contribution in [0.1, 0.15) is 31.7 Å². The fraction of sp³-hybridized carbons (Fsp3) is 0.562. The van der Waals surface area contributed by atoms with E-state index in [1.54, 1.807) is 0 Å². The number of fused-ring (bicyclic) bond motifs is 1. The van der Waals surface area contributed by atoms with E-state index in [0.717, 1.165) is 61.6 Å². The van der Waals surface area contributed by atoms with Crippen molar-refractivity contribution >= 4 is 23.0 Å². The van der Waals surface area contributed by atoms with E-state index in [1.807, 2.05) is 12.1 Å². The largest absolute Gasteiger partial charge is 0.397 e. The molecule has 0 atom stereocenters. The second kappa shape index (κ2) is 5.56. The SMILES string of the molecule is CC1(CNc2cc3c(cc2N)CCC(=O)N3)CCOCC1. The molecular formula is C16H23N3O2. The maximum atomic E-state index is 11.5. The van der Waals surface area contributed by atoms with Crippen LogP contribution < -0.4 is 16.4 Å². The summed E-state index contributed by atoms with van der Waals surface area (Å²) >= 11 is 0. The highest BCUT2D eigenvalue weighted by Crippen LogP contribution is 2.34. The smallest absolute Gasteiger partial charge is 0.224 e. The molecule has 1 aromatic rings. The van der Waals surface area contributed by atoms with Gasteiger partial charge in [-0.05, 0) is 42.4 Å². The zero-order valence-corrected chi connectivity index (χ0v) is 12.5. The minimum atomic E-state index is 0.0783. The number of nitrogen functional groups attached to an aromatic ring is 1. The summed E-state index contributed by atoms with van der Waals surface area (Å²) in [6.07, 6.45) is 3.42. The van der Waals surface area contributed by atoms with Gasteiger partial charge in [-0.3, -0.25) is 4.79 Å². The molecule has 4 N–H and O–H groups in total. The molecule has 0 saturated carbocycles. The van der Waals surface area contributed by atoms with Gasteiger partial charge in [0.1, 0.15) is 0 Å². The van der Waals surface area contributed by atoms with Crippen LogP contribution in [0.4, 0.5) is 17.1 Å². The van der Waals surface area contributed by atoms with Crippen LogP contribution in [-0.2, 0) is 16.0 Å². The molecule has 5 nitrogen and oxygen atoms in total. The first kappa shape index (κ1) is 14.2. The molecule has 0 spiro atoms. The first-order valence-electron chi connectivity index (χ1n) is 7.60. The average Bonchev–Trinajstić information content (AvgIpc) is 2.46. The maximum Gasteiger partial charge on any atom is 0.224 e. The van der Waals surface area contributed by atoms with Crippen LogP contribution in [-0.4, -0.2) is 25.7 Å². The van der Waals surface area contributed by atoms with Crippen LogP contribution in [0.2, 0.25) is 0 Å². The molecule has 2 aliphatic rings. The molecule has 2 heterocycles. The minimum Gasteiger partial charge on any atom is -0.397 e. The number of ether oxygens (including phenoxy) is 1. The zero-order chi connectivity index (χ0) is 14.9. The summed E-state index contributed by atoms with van der Waals surface area (Å²) in [5, 5.41) is 6.38. The number of nitrogens with one attached hydrogen (secondary N) is 2. The van der Waals surface area contributed by atoms with Crippen LogP contribution in [0.3, 0.4) is 0 Å². The van der Waals surface area contributed by atoms with E-state index in [4.69, 9.17) is 10.5 Å². The number of aryl methyl sites for hydroxylation is 1. The Morgan fingerprint density at radius 2 is 2.10 bits per heavy atom. The van der Waals surface area contributed by atoms with Crippen LogP contribution >= 0.6 is 0 Å². The second-order valence-electron chi connectivity index (χ2n) is 6.42. The van der Waals surface area contributed by atoms with Gasteiger partial charge in [-0.1, -0.05) is 6.92 Å². The number of benzene rings is 1. The number of hydrogen-bond donors (Lipinski definition) is 3. The lowest BCUT2D eigenvalue weighted by atomic mass is 9.82. The standard InChI is InChI=1S/C16H23N3O2/c1-16(4-6-21-7-5-16)10-18-14-9-13-11(8-12(14)17)2-3-15(20)19-13/h8-9,18H,2-7,10,17H2,1H3,(H,19,20). The van der Waals surface area contributed by atoms with Crippen molar-refractivity contribution in [2.24, 2.45) is 5.41 Å². The van der Waals surface area contributed by atoms with Gasteiger partial charge < -0.3 is 21.1 Å². The quantitative estimate of drug-likeness (QED) is 0.747. The van der Waals surface area contributed by atoms with Crippen LogP contribution in [0.25, 0.3) is 0 Å². The van der Waals surface area contributed by atoms with Gasteiger partial charge in [0.05, 0.1) is 11.4 Å². The molecule has 0 unspecified atom stereocenters. The summed E-state index contributed by atoms with van der Waals surface area (Å²) < 4.78 is 5.43. The number of nitrogens with two attached hydrogens (primary N) is 1. The van der Waals surface area contributed by atoms with E-state index in [-0.39, 0.29) is 11.3 Å². The molecule has 114 valence electrons. The third kappa shape index (κ3) is 3.13. The van der Waals surface area contributed by atoms with Crippen molar-refractivity contribution in [3.8, 4) is 0 Å². The van der Waals surface area contributed by atoms with Crippen molar-refractivity contribution in [1.29, 1.82) is 0 Å². The molecule has 0 aliphatic carbocycles. The highest BCUT2D eigenvalue weighted by Gasteiger charge is 2.27. The lowest BCUT2D eigenvalue weighted by Gasteiger charge is -2.34. The molecule has 0 bridgehead atoms. The fourth-order valence-corrected chi connectivity index (χ4v) is 2.95. The Balaban J connectivity index is 1.73. The van der Waals surface area contributed by atoms with E-state index in [9.17, 15) is 4.79 Å². The van der Waals surface area contributed by atoms with E-state index < -0.39 is 0 Å². The van der Waals surface area contributed by atoms with E-state index in [2.05, 4.69) is 17.6 Å². The Hall–Kier alpha value is -1.75. The van der Waals surface area contributed by atoms with Crippen molar-refractivity contribution in [3.05, 3.63) is 17.7 Å². The highest BCUT2D eigenvalue weighted by molar-refractivity contribution is 5.95. The fourth-order valence-electron chi connectivity index (χ4n) is 2.95. The number of carbonyl (C=O) groups excluding carboxylic acids is 1. The summed E-state index contributed by atoms with van der Waals surface area (Å²) in [7, 11) is 0. The van der Waals surface area contributed by atoms with Gasteiger partial charge in [0.15, 0.2) is 0 Å². The Morgan fingerprint density at radius 1 is 1.33 bits per heavy atom. The normalized spacial score (nSPS) is 20.5. The number of hydrogen-bond acceptors (Lipinski definition) is 4. The molecule has 1 amide bonds. The highest BCUT2D eigenvalue weighted by atomic mass is 16.5. The van der Waals surface area contributed by atoms with Crippen molar-refractivity contribution < 1.29 is 9.53 Å². The zero-order valence-electron chi connectivity index (χ0n) is 12.5. The number of anilines is 3. The van der Waals surface area contributed by atoms with Crippen LogP contribution in [0.15, 0.2) is 12.1 Å². The molecule has 21 heavy (non-hydrogen) atoms. The molecule has 0 radical (unpaired) electrons. The van der Waals surface area contributed by atoms with Gasteiger partial charge >= 0.3 is 0 Å². The third-order valence-corrected chi connectivity index (χ3v) is 4.58. The molecule has 1 aromatic carbocycles. The van der Waals surface area contributed by atoms with Crippen molar-refractivity contribution in [2.75, 3.05) is 36.1 Å². The Kier molecular flexibility index (Phi) is 3.76. The number of rotatable bonds is 3. The summed E-state index contributed by atoms with van der Waals surface area (Å²) in [6, 6.07) is 3.94. The lowest BCUT2D eigenvalue weighted by Crippen LogP contribution is -2.33. The van der Waals surface area contributed by atoms with Crippen LogP contribution in [0.5, 0.6) is 0 Å². The Labute approximate surface area is 125 Å². The predicted molar refractivity (Wildman–Crippen MR) is 84.5 cm³/mol. The monoisotopic (exact) mass is 289 g/mol. The van der Waals surface area contributed by atoms with Crippen molar-refractivity contribution in [2.45, 2.75) is 32.6 Å². The molecular weight excluding hydrogens is 266 g/mol. The van der Waals surface area contributed by atoms with Crippen LogP contribution in [0, 0.1) is 5.41 Å². The van der Waals surface area contributed by atoms with Gasteiger partial charge in [0, 0.05) is 31.9 Å². The lowest BCUT2D eigenvalue weighted by molar-refractivity contribution is -0.116. The summed E-state index contributed by atoms with van der Waals surface area (Å²) in [5.74, 6) is 0.0783. The van der Waals surface area contributed by atoms with Gasteiger partial charge in [-0.2, -0.15) is 0 Å². The van der Waals surface area contributed by atoms with Gasteiger partial charge in [0.25, 0.3) is 0 Å². The third-order valence-electron chi connectivity index (χ3n) is 4.58. The minimum absolute atomic E-state index is 0.0783. The Morgan fingerprint density at radius 3 is 2.86 bits per heavy atom. The Bertz CT molecular complexity index is 551. The average molecular weight is 289 g/mol. The van der Waals surface area contributed by atoms with Gasteiger partial charge in [0.2, 0.25) is 5.91 Å². The summed E-state index contributed by atoms with van der Waals surface area (Å²) in [5.41, 5.74) is 10.0. The van der Waals surface area contributed by atoms with Crippen molar-refractivity contribution in [3.63, 3.8) is 0 Å². The molecule has 0 aromatic heterocycles. The molecule has 1 saturated heterocycles. The van der Waals surface area contributed by atoms with Gasteiger partial charge in [-0.25, -0.2) is 0 Å². The molecule has 5 heteroatoms. The van der Waals surface area contributed by atoms with E-state index in [0.29, 0.717) is 6.42 Å². The molecule has 3 rings (SSSR count). The summed E-state index contributed by atoms with van der Waals surface area (Å²) in [6.45, 7) is 4.80. The molecule has 2 aliphatic heterocycles.